The third-order valence-corrected chi connectivity index (χ3v) is 3.38. The van der Waals surface area contributed by atoms with Crippen molar-refractivity contribution in [1.82, 2.24) is 20.0 Å². The van der Waals surface area contributed by atoms with Crippen LogP contribution in [0.1, 0.15) is 50.6 Å². The van der Waals surface area contributed by atoms with Crippen LogP contribution in [0.25, 0.3) is 5.82 Å². The highest BCUT2D eigenvalue weighted by atomic mass is 16.1. The quantitative estimate of drug-likeness (QED) is 0.880. The van der Waals surface area contributed by atoms with E-state index in [1.54, 1.807) is 6.07 Å². The predicted molar refractivity (Wildman–Crippen MR) is 79.3 cm³/mol. The Morgan fingerprint density at radius 1 is 1.15 bits per heavy atom. The van der Waals surface area contributed by atoms with E-state index in [1.807, 2.05) is 4.68 Å². The molecule has 5 heteroatoms. The Balaban J connectivity index is 2.55. The third kappa shape index (κ3) is 2.81. The van der Waals surface area contributed by atoms with E-state index >= 15 is 0 Å². The van der Waals surface area contributed by atoms with Gasteiger partial charge in [0.25, 0.3) is 5.56 Å². The van der Waals surface area contributed by atoms with Gasteiger partial charge in [-0.1, -0.05) is 33.6 Å². The van der Waals surface area contributed by atoms with Crippen molar-refractivity contribution in [2.45, 2.75) is 52.9 Å². The van der Waals surface area contributed by atoms with E-state index < -0.39 is 0 Å². The SMILES string of the molecule is CCCc1nn(-c2ccc(=O)[nH]n2)c(CCC)c1CC. The smallest absolute Gasteiger partial charge is 0.264 e. The van der Waals surface area contributed by atoms with Crippen molar-refractivity contribution >= 4 is 0 Å². The van der Waals surface area contributed by atoms with E-state index in [2.05, 4.69) is 31.0 Å². The van der Waals surface area contributed by atoms with Crippen LogP contribution in [0, 0.1) is 0 Å². The molecule has 5 nitrogen and oxygen atoms in total. The second-order valence-corrected chi connectivity index (χ2v) is 4.92. The monoisotopic (exact) mass is 274 g/mol. The molecule has 0 bridgehead atoms. The number of H-pyrrole nitrogens is 1. The lowest BCUT2D eigenvalue weighted by Crippen LogP contribution is -2.12. The van der Waals surface area contributed by atoms with Gasteiger partial charge in [-0.25, -0.2) is 9.78 Å². The van der Waals surface area contributed by atoms with E-state index in [0.29, 0.717) is 5.82 Å². The fourth-order valence-electron chi connectivity index (χ4n) is 2.52. The minimum atomic E-state index is -0.192. The van der Waals surface area contributed by atoms with Gasteiger partial charge in [-0.3, -0.25) is 4.79 Å². The van der Waals surface area contributed by atoms with Crippen molar-refractivity contribution in [1.29, 1.82) is 0 Å². The molecule has 0 aliphatic rings. The predicted octanol–water partition coefficient (Wildman–Crippen LogP) is 2.42. The maximum Gasteiger partial charge on any atom is 0.264 e. The van der Waals surface area contributed by atoms with Crippen molar-refractivity contribution in [3.05, 3.63) is 39.4 Å². The minimum absolute atomic E-state index is 0.192. The lowest BCUT2D eigenvalue weighted by atomic mass is 10.0. The summed E-state index contributed by atoms with van der Waals surface area (Å²) in [4.78, 5) is 11.1. The second kappa shape index (κ2) is 6.50. The molecule has 0 saturated carbocycles. The molecular weight excluding hydrogens is 252 g/mol. The molecule has 0 spiro atoms. The fourth-order valence-corrected chi connectivity index (χ4v) is 2.52. The highest BCUT2D eigenvalue weighted by Crippen LogP contribution is 2.21. The van der Waals surface area contributed by atoms with Gasteiger partial charge >= 0.3 is 0 Å². The third-order valence-electron chi connectivity index (χ3n) is 3.38. The molecule has 0 amide bonds. The molecule has 0 radical (unpaired) electrons. The molecule has 20 heavy (non-hydrogen) atoms. The zero-order chi connectivity index (χ0) is 14.5. The largest absolute Gasteiger partial charge is 0.268 e. The zero-order valence-electron chi connectivity index (χ0n) is 12.4. The maximum atomic E-state index is 11.1. The number of aromatic nitrogens is 4. The summed E-state index contributed by atoms with van der Waals surface area (Å²) in [6.07, 6.45) is 5.08. The van der Waals surface area contributed by atoms with Crippen LogP contribution < -0.4 is 5.56 Å². The van der Waals surface area contributed by atoms with Crippen LogP contribution in [0.5, 0.6) is 0 Å². The molecule has 108 valence electrons. The number of hydrogen-bond acceptors (Lipinski definition) is 3. The van der Waals surface area contributed by atoms with Gasteiger partial charge in [-0.05, 0) is 30.9 Å². The van der Waals surface area contributed by atoms with Crippen LogP contribution >= 0.6 is 0 Å². The Kier molecular flexibility index (Phi) is 4.71. The Morgan fingerprint density at radius 2 is 1.90 bits per heavy atom. The number of nitrogens with zero attached hydrogens (tertiary/aromatic N) is 3. The maximum absolute atomic E-state index is 11.1. The molecule has 0 aromatic carbocycles. The summed E-state index contributed by atoms with van der Waals surface area (Å²) in [7, 11) is 0. The van der Waals surface area contributed by atoms with Gasteiger partial charge in [-0.2, -0.15) is 10.2 Å². The highest BCUT2D eigenvalue weighted by molar-refractivity contribution is 5.33. The van der Waals surface area contributed by atoms with Crippen molar-refractivity contribution in [3.8, 4) is 5.82 Å². The van der Waals surface area contributed by atoms with E-state index in [1.165, 1.54) is 17.3 Å². The first-order valence-electron chi connectivity index (χ1n) is 7.36. The average Bonchev–Trinajstić information content (AvgIpc) is 2.78. The summed E-state index contributed by atoms with van der Waals surface area (Å²) in [5.74, 6) is 0.685. The summed E-state index contributed by atoms with van der Waals surface area (Å²) >= 11 is 0. The number of hydrogen-bond donors (Lipinski definition) is 1. The van der Waals surface area contributed by atoms with Crippen molar-refractivity contribution < 1.29 is 0 Å². The normalized spacial score (nSPS) is 10.9. The van der Waals surface area contributed by atoms with E-state index in [0.717, 1.165) is 37.8 Å². The van der Waals surface area contributed by atoms with E-state index in [4.69, 9.17) is 5.10 Å². The van der Waals surface area contributed by atoms with Crippen LogP contribution in [0.2, 0.25) is 0 Å². The van der Waals surface area contributed by atoms with E-state index in [9.17, 15) is 4.79 Å². The van der Waals surface area contributed by atoms with Crippen LogP contribution in [-0.2, 0) is 19.3 Å². The number of nitrogens with one attached hydrogen (secondary N) is 1. The van der Waals surface area contributed by atoms with Gasteiger partial charge in [0, 0.05) is 11.8 Å². The van der Waals surface area contributed by atoms with Gasteiger partial charge in [0.1, 0.15) is 0 Å². The topological polar surface area (TPSA) is 63.6 Å². The number of aryl methyl sites for hydroxylation is 1. The standard InChI is InChI=1S/C15H22N4O/c1-4-7-12-11(6-3)13(8-5-2)19(18-12)14-9-10-15(20)17-16-14/h9-10H,4-8H2,1-3H3,(H,17,20). The molecule has 0 aliphatic heterocycles. The minimum Gasteiger partial charge on any atom is -0.268 e. The molecule has 2 aromatic heterocycles. The molecule has 0 unspecified atom stereocenters. The summed E-state index contributed by atoms with van der Waals surface area (Å²) in [5.41, 5.74) is 3.52. The lowest BCUT2D eigenvalue weighted by Gasteiger charge is -2.06. The Hall–Kier alpha value is -1.91. The van der Waals surface area contributed by atoms with Gasteiger partial charge in [0.2, 0.25) is 0 Å². The van der Waals surface area contributed by atoms with Crippen molar-refractivity contribution in [2.75, 3.05) is 0 Å². The van der Waals surface area contributed by atoms with Crippen molar-refractivity contribution in [2.24, 2.45) is 0 Å². The average molecular weight is 274 g/mol. The summed E-state index contributed by atoms with van der Waals surface area (Å²) in [6, 6.07) is 3.21. The Morgan fingerprint density at radius 3 is 2.45 bits per heavy atom. The zero-order valence-corrected chi connectivity index (χ0v) is 12.4. The summed E-state index contributed by atoms with van der Waals surface area (Å²) in [5, 5.41) is 11.3. The molecule has 2 rings (SSSR count). The highest BCUT2D eigenvalue weighted by Gasteiger charge is 2.17. The molecule has 0 fully saturated rings. The van der Waals surface area contributed by atoms with Crippen molar-refractivity contribution in [3.63, 3.8) is 0 Å². The Bertz CT molecular complexity index is 607. The van der Waals surface area contributed by atoms with Crippen LogP contribution in [-0.4, -0.2) is 20.0 Å². The van der Waals surface area contributed by atoms with E-state index in [-0.39, 0.29) is 5.56 Å². The first kappa shape index (κ1) is 14.5. The number of aromatic amines is 1. The molecular formula is C15H22N4O. The van der Waals surface area contributed by atoms with Gasteiger partial charge < -0.3 is 0 Å². The molecule has 2 heterocycles. The first-order valence-corrected chi connectivity index (χ1v) is 7.36. The van der Waals surface area contributed by atoms with Gasteiger partial charge in [0.05, 0.1) is 5.69 Å². The van der Waals surface area contributed by atoms with Crippen LogP contribution in [0.4, 0.5) is 0 Å². The van der Waals surface area contributed by atoms with Gasteiger partial charge in [0.15, 0.2) is 5.82 Å². The molecule has 2 aromatic rings. The van der Waals surface area contributed by atoms with Crippen LogP contribution in [0.3, 0.4) is 0 Å². The fraction of sp³-hybridized carbons (Fsp3) is 0.533. The number of rotatable bonds is 6. The Labute approximate surface area is 119 Å². The summed E-state index contributed by atoms with van der Waals surface area (Å²) in [6.45, 7) is 6.49. The summed E-state index contributed by atoms with van der Waals surface area (Å²) < 4.78 is 1.89. The molecule has 0 saturated heterocycles. The molecule has 0 atom stereocenters. The molecule has 0 aliphatic carbocycles. The lowest BCUT2D eigenvalue weighted by molar-refractivity contribution is 0.723. The molecule has 1 N–H and O–H groups in total. The van der Waals surface area contributed by atoms with Crippen LogP contribution in [0.15, 0.2) is 16.9 Å². The second-order valence-electron chi connectivity index (χ2n) is 4.92. The first-order chi connectivity index (χ1) is 9.71. The van der Waals surface area contributed by atoms with Gasteiger partial charge in [-0.15, -0.1) is 0 Å².